The number of carbonyl (C=O) groups excluding carboxylic acids is 1. The van der Waals surface area contributed by atoms with Crippen LogP contribution in [0.3, 0.4) is 0 Å². The van der Waals surface area contributed by atoms with Crippen molar-refractivity contribution in [2.75, 3.05) is 0 Å². The maximum absolute atomic E-state index is 12.9. The van der Waals surface area contributed by atoms with Crippen molar-refractivity contribution in [3.63, 3.8) is 0 Å². The van der Waals surface area contributed by atoms with Crippen LogP contribution in [0.15, 0.2) is 115 Å². The van der Waals surface area contributed by atoms with E-state index in [1.165, 1.54) is 62.5 Å². The zero-order valence-electron chi connectivity index (χ0n) is 29.6. The topological polar surface area (TPSA) is 68.6 Å². The van der Waals surface area contributed by atoms with E-state index in [1.807, 2.05) is 54.6 Å². The molecule has 6 rings (SSSR count). The van der Waals surface area contributed by atoms with Crippen LogP contribution in [0.2, 0.25) is 0 Å². The van der Waals surface area contributed by atoms with Gasteiger partial charge in [0.25, 0.3) is 0 Å². The van der Waals surface area contributed by atoms with Gasteiger partial charge in [0.15, 0.2) is 23.3 Å². The Morgan fingerprint density at radius 3 is 1.55 bits per heavy atom. The van der Waals surface area contributed by atoms with Gasteiger partial charge in [0, 0.05) is 48.6 Å². The van der Waals surface area contributed by atoms with Crippen LogP contribution in [0.5, 0.6) is 0 Å². The van der Waals surface area contributed by atoms with E-state index in [1.54, 1.807) is 12.3 Å². The van der Waals surface area contributed by atoms with Gasteiger partial charge in [-0.3, -0.25) is 4.79 Å². The Morgan fingerprint density at radius 1 is 0.549 bits per heavy atom. The van der Waals surface area contributed by atoms with Gasteiger partial charge in [-0.1, -0.05) is 149 Å². The minimum absolute atomic E-state index is 0. The van der Waals surface area contributed by atoms with Crippen LogP contribution >= 0.6 is 0 Å². The fraction of sp³-hybridized carbons (Fsp3) is 0.267. The number of carbonyl (C=O) groups is 1. The summed E-state index contributed by atoms with van der Waals surface area (Å²) in [5, 5.41) is 0. The van der Waals surface area contributed by atoms with Crippen LogP contribution < -0.4 is 0 Å². The van der Waals surface area contributed by atoms with Crippen LogP contribution in [0.25, 0.3) is 45.4 Å². The van der Waals surface area contributed by atoms with Gasteiger partial charge in [0.1, 0.15) is 0 Å². The molecule has 0 fully saturated rings. The number of hydrogen-bond acceptors (Lipinski definition) is 5. The van der Waals surface area contributed by atoms with E-state index in [4.69, 9.17) is 19.9 Å². The Balaban J connectivity index is 0.00000504. The molecule has 5 nitrogen and oxygen atoms in total. The molecule has 0 spiro atoms. The first-order valence-electron chi connectivity index (χ1n) is 18.1. The molecule has 0 N–H and O–H groups in total. The van der Waals surface area contributed by atoms with Crippen molar-refractivity contribution in [3.05, 3.63) is 144 Å². The fourth-order valence-electron chi connectivity index (χ4n) is 6.08. The quantitative estimate of drug-likeness (QED) is 0.0551. The van der Waals surface area contributed by atoms with Gasteiger partial charge in [-0.15, -0.1) is 29.8 Å². The molecule has 0 amide bonds. The molecule has 261 valence electrons. The number of aromatic nitrogens is 4. The van der Waals surface area contributed by atoms with Crippen molar-refractivity contribution < 1.29 is 24.9 Å². The maximum atomic E-state index is 12.9. The van der Waals surface area contributed by atoms with E-state index >= 15 is 0 Å². The van der Waals surface area contributed by atoms with Crippen molar-refractivity contribution in [1.82, 2.24) is 19.9 Å². The van der Waals surface area contributed by atoms with Gasteiger partial charge in [-0.05, 0) is 42.5 Å². The van der Waals surface area contributed by atoms with E-state index < -0.39 is 0 Å². The number of nitrogens with zero attached hydrogens (tertiary/aromatic N) is 4. The SMILES string of the molecule is CCCCCCc1ccc(-c2nc(-c3ccc(CCCCCC)cc3)nc(-c3ccc(-c4[c-]cc(C(=O)c5ccccc5)cc4)nc3)n2)cc1.[Ir]. The zero-order chi connectivity index (χ0) is 34.5. The van der Waals surface area contributed by atoms with Crippen molar-refractivity contribution in [2.24, 2.45) is 0 Å². The minimum Gasteiger partial charge on any atom is -0.304 e. The summed E-state index contributed by atoms with van der Waals surface area (Å²) >= 11 is 0. The zero-order valence-corrected chi connectivity index (χ0v) is 32.0. The summed E-state index contributed by atoms with van der Waals surface area (Å²) in [6, 6.07) is 39.2. The van der Waals surface area contributed by atoms with Gasteiger partial charge in [-0.2, -0.15) is 0 Å². The van der Waals surface area contributed by atoms with Crippen LogP contribution in [-0.2, 0) is 32.9 Å². The normalized spacial score (nSPS) is 10.9. The second-order valence-electron chi connectivity index (χ2n) is 12.9. The molecule has 0 unspecified atom stereocenters. The van der Waals surface area contributed by atoms with Crippen molar-refractivity contribution in [3.8, 4) is 45.4 Å². The van der Waals surface area contributed by atoms with Gasteiger partial charge in [0.2, 0.25) is 0 Å². The Labute approximate surface area is 316 Å². The first-order valence-corrected chi connectivity index (χ1v) is 18.1. The number of pyridine rings is 1. The van der Waals surface area contributed by atoms with E-state index in [9.17, 15) is 4.79 Å². The van der Waals surface area contributed by atoms with E-state index in [0.29, 0.717) is 28.6 Å². The molecule has 0 aliphatic carbocycles. The van der Waals surface area contributed by atoms with Crippen LogP contribution in [0.1, 0.15) is 92.3 Å². The smallest absolute Gasteiger partial charge is 0.165 e. The molecule has 1 radical (unpaired) electrons. The molecule has 0 saturated carbocycles. The van der Waals surface area contributed by atoms with E-state index in [0.717, 1.165) is 40.8 Å². The van der Waals surface area contributed by atoms with E-state index in [-0.39, 0.29) is 25.9 Å². The molecule has 2 aromatic heterocycles. The predicted octanol–water partition coefficient (Wildman–Crippen LogP) is 11.2. The number of unbranched alkanes of at least 4 members (excludes halogenated alkanes) is 6. The Kier molecular flexibility index (Phi) is 14.1. The Morgan fingerprint density at radius 2 is 1.08 bits per heavy atom. The molecule has 0 aliphatic rings. The molecule has 0 atom stereocenters. The third kappa shape index (κ3) is 10.2. The molecule has 4 aromatic carbocycles. The summed E-state index contributed by atoms with van der Waals surface area (Å²) in [6.07, 6.45) is 14.0. The molecule has 6 heteroatoms. The summed E-state index contributed by atoms with van der Waals surface area (Å²) in [5.41, 5.74) is 8.21. The standard InChI is InChI=1S/C45H45N4O.Ir/c1-3-5-7-10-14-33-18-22-38(23-19-33)43-47-44(39-24-20-34(21-25-39)15-11-8-6-4-2)49-45(48-43)40-30-31-41(46-32-40)35-26-28-37(29-27-35)42(50)36-16-12-9-13-17-36;/h9,12-13,16-26,28-32H,3-8,10-11,14-15H2,1-2H3;/q-1;. The average Bonchev–Trinajstić information content (AvgIpc) is 3.19. The molecule has 0 aliphatic heterocycles. The van der Waals surface area contributed by atoms with Crippen molar-refractivity contribution in [1.29, 1.82) is 0 Å². The van der Waals surface area contributed by atoms with Crippen molar-refractivity contribution >= 4 is 5.78 Å². The molecule has 6 aromatic rings. The number of ketones is 1. The van der Waals surface area contributed by atoms with Gasteiger partial charge in [-0.25, -0.2) is 15.0 Å². The third-order valence-corrected chi connectivity index (χ3v) is 9.11. The van der Waals surface area contributed by atoms with Crippen LogP contribution in [0, 0.1) is 6.07 Å². The monoisotopic (exact) mass is 850 g/mol. The number of aryl methyl sites for hydroxylation is 2. The largest absolute Gasteiger partial charge is 0.304 e. The molecular weight excluding hydrogens is 805 g/mol. The predicted molar refractivity (Wildman–Crippen MR) is 204 cm³/mol. The molecule has 0 bridgehead atoms. The van der Waals surface area contributed by atoms with Crippen LogP contribution in [0.4, 0.5) is 0 Å². The fourth-order valence-corrected chi connectivity index (χ4v) is 6.08. The Hall–Kier alpha value is -4.64. The van der Waals surface area contributed by atoms with Gasteiger partial charge < -0.3 is 4.98 Å². The molecular formula is C45H45IrN4O-. The number of hydrogen-bond donors (Lipinski definition) is 0. The molecule has 51 heavy (non-hydrogen) atoms. The van der Waals surface area contributed by atoms with Gasteiger partial charge >= 0.3 is 0 Å². The third-order valence-electron chi connectivity index (χ3n) is 9.11. The molecule has 2 heterocycles. The second-order valence-corrected chi connectivity index (χ2v) is 12.9. The minimum atomic E-state index is -0.0265. The summed E-state index contributed by atoms with van der Waals surface area (Å²) in [4.78, 5) is 32.5. The average molecular weight is 850 g/mol. The number of rotatable bonds is 16. The summed E-state index contributed by atoms with van der Waals surface area (Å²) in [6.45, 7) is 4.49. The van der Waals surface area contributed by atoms with Crippen molar-refractivity contribution in [2.45, 2.75) is 78.1 Å². The Bertz CT molecular complexity index is 1880. The summed E-state index contributed by atoms with van der Waals surface area (Å²) in [7, 11) is 0. The molecule has 0 saturated heterocycles. The first kappa shape index (κ1) is 37.6. The number of benzene rings is 4. The maximum Gasteiger partial charge on any atom is 0.165 e. The van der Waals surface area contributed by atoms with E-state index in [2.05, 4.69) is 68.4 Å². The van der Waals surface area contributed by atoms with Gasteiger partial charge in [0.05, 0.1) is 0 Å². The summed E-state index contributed by atoms with van der Waals surface area (Å²) < 4.78 is 0. The summed E-state index contributed by atoms with van der Waals surface area (Å²) in [5.74, 6) is 1.83. The second kappa shape index (κ2) is 19.1. The first-order chi connectivity index (χ1) is 24.6. The van der Waals surface area contributed by atoms with Crippen LogP contribution in [-0.4, -0.2) is 25.7 Å².